The number of imidazole rings is 1. The monoisotopic (exact) mass is 250 g/mol. The van der Waals surface area contributed by atoms with Gasteiger partial charge in [-0.2, -0.15) is 0 Å². The highest BCUT2D eigenvalue weighted by Crippen LogP contribution is 2.13. The molecule has 96 valence electrons. The van der Waals surface area contributed by atoms with E-state index in [1.54, 1.807) is 6.92 Å². The Kier molecular flexibility index (Phi) is 3.73. The van der Waals surface area contributed by atoms with Gasteiger partial charge >= 0.3 is 5.82 Å². The Morgan fingerprint density at radius 1 is 1.61 bits per heavy atom. The molecule has 2 aromatic heterocycles. The molecule has 7 heteroatoms. The van der Waals surface area contributed by atoms with E-state index in [0.717, 1.165) is 5.69 Å². The zero-order valence-corrected chi connectivity index (χ0v) is 10.00. The number of rotatable bonds is 6. The number of hydrogen-bond donors (Lipinski definition) is 1. The molecule has 0 fully saturated rings. The minimum atomic E-state index is -0.440. The number of aromatic nitrogens is 3. The van der Waals surface area contributed by atoms with E-state index in [2.05, 4.69) is 9.97 Å². The van der Waals surface area contributed by atoms with Crippen LogP contribution in [0.2, 0.25) is 0 Å². The number of hydrogen-bond acceptors (Lipinski definition) is 4. The highest BCUT2D eigenvalue weighted by atomic mass is 16.6. The third-order valence-corrected chi connectivity index (χ3v) is 2.60. The van der Waals surface area contributed by atoms with Crippen molar-refractivity contribution in [3.8, 4) is 0 Å². The van der Waals surface area contributed by atoms with Crippen LogP contribution in [-0.4, -0.2) is 26.1 Å². The van der Waals surface area contributed by atoms with E-state index in [9.17, 15) is 10.1 Å². The van der Waals surface area contributed by atoms with Crippen molar-refractivity contribution in [3.63, 3.8) is 0 Å². The maximum Gasteiger partial charge on any atom is 0.342 e. The van der Waals surface area contributed by atoms with Gasteiger partial charge in [-0.3, -0.25) is 0 Å². The Balaban J connectivity index is 1.86. The summed E-state index contributed by atoms with van der Waals surface area (Å²) in [6.07, 6.45) is 3.09. The van der Waals surface area contributed by atoms with Crippen LogP contribution in [0.5, 0.6) is 0 Å². The van der Waals surface area contributed by atoms with Gasteiger partial charge in [0.05, 0.1) is 13.2 Å². The largest absolute Gasteiger partial charge is 0.371 e. The Bertz CT molecular complexity index is 518. The van der Waals surface area contributed by atoms with Crippen molar-refractivity contribution in [3.05, 3.63) is 46.2 Å². The maximum absolute atomic E-state index is 10.8. The summed E-state index contributed by atoms with van der Waals surface area (Å²) < 4.78 is 6.98. The zero-order valence-electron chi connectivity index (χ0n) is 10.00. The molecule has 0 aliphatic carbocycles. The molecule has 0 radical (unpaired) electrons. The summed E-state index contributed by atoms with van der Waals surface area (Å²) in [5.74, 6) is 0.612. The fourth-order valence-corrected chi connectivity index (χ4v) is 1.67. The standard InChI is InChI=1S/C11H14N4O3/c1-9-13-7-11(15(16)17)14(9)5-6-18-8-10-3-2-4-12-10/h2-4,7,12H,5-6,8H2,1H3. The number of nitrogens with zero attached hydrogens (tertiary/aromatic N) is 3. The lowest BCUT2D eigenvalue weighted by atomic mass is 10.5. The smallest absolute Gasteiger partial charge is 0.342 e. The van der Waals surface area contributed by atoms with E-state index in [-0.39, 0.29) is 5.82 Å². The zero-order chi connectivity index (χ0) is 13.0. The Morgan fingerprint density at radius 2 is 2.44 bits per heavy atom. The van der Waals surface area contributed by atoms with Crippen LogP contribution in [0.1, 0.15) is 11.5 Å². The molecule has 2 aromatic rings. The molecule has 0 saturated carbocycles. The normalized spacial score (nSPS) is 10.7. The van der Waals surface area contributed by atoms with Crippen LogP contribution in [-0.2, 0) is 17.9 Å². The molecule has 0 saturated heterocycles. The molecule has 0 atom stereocenters. The van der Waals surface area contributed by atoms with Gasteiger partial charge in [0.25, 0.3) is 0 Å². The van der Waals surface area contributed by atoms with Crippen molar-refractivity contribution in [2.75, 3.05) is 6.61 Å². The predicted molar refractivity (Wildman–Crippen MR) is 64.1 cm³/mol. The number of ether oxygens (including phenoxy) is 1. The van der Waals surface area contributed by atoms with Crippen molar-refractivity contribution in [1.82, 2.24) is 14.5 Å². The molecular weight excluding hydrogens is 236 g/mol. The SMILES string of the molecule is Cc1ncc([N+](=O)[O-])n1CCOCc1ccc[nH]1. The minimum Gasteiger partial charge on any atom is -0.371 e. The molecule has 0 bridgehead atoms. The number of H-pyrrole nitrogens is 1. The molecule has 1 N–H and O–H groups in total. The second kappa shape index (κ2) is 5.46. The van der Waals surface area contributed by atoms with Crippen LogP contribution < -0.4 is 0 Å². The third kappa shape index (κ3) is 2.75. The minimum absolute atomic E-state index is 0.00373. The molecule has 0 unspecified atom stereocenters. The first kappa shape index (κ1) is 12.3. The van der Waals surface area contributed by atoms with Gasteiger partial charge in [-0.1, -0.05) is 0 Å². The molecular formula is C11H14N4O3. The van der Waals surface area contributed by atoms with Crippen LogP contribution in [0.25, 0.3) is 0 Å². The summed E-state index contributed by atoms with van der Waals surface area (Å²) in [5, 5.41) is 10.8. The van der Waals surface area contributed by atoms with Gasteiger partial charge in [0, 0.05) is 18.8 Å². The molecule has 0 spiro atoms. The topological polar surface area (TPSA) is 86.0 Å². The van der Waals surface area contributed by atoms with Crippen LogP contribution in [0.3, 0.4) is 0 Å². The van der Waals surface area contributed by atoms with Gasteiger partial charge in [0.2, 0.25) is 0 Å². The van der Waals surface area contributed by atoms with Gasteiger partial charge in [0.15, 0.2) is 5.82 Å². The molecule has 7 nitrogen and oxygen atoms in total. The maximum atomic E-state index is 10.8. The second-order valence-corrected chi connectivity index (χ2v) is 3.82. The van der Waals surface area contributed by atoms with E-state index in [4.69, 9.17) is 4.74 Å². The van der Waals surface area contributed by atoms with Crippen LogP contribution in [0.4, 0.5) is 5.82 Å². The fourth-order valence-electron chi connectivity index (χ4n) is 1.67. The number of aryl methyl sites for hydroxylation is 1. The van der Waals surface area contributed by atoms with Gasteiger partial charge in [-0.15, -0.1) is 0 Å². The third-order valence-electron chi connectivity index (χ3n) is 2.60. The van der Waals surface area contributed by atoms with E-state index in [0.29, 0.717) is 25.6 Å². The number of nitro groups is 1. The highest BCUT2D eigenvalue weighted by molar-refractivity contribution is 5.18. The first-order chi connectivity index (χ1) is 8.68. The predicted octanol–water partition coefficient (Wildman–Crippen LogP) is 1.64. The average Bonchev–Trinajstić information content (AvgIpc) is 2.94. The molecule has 0 aliphatic heterocycles. The van der Waals surface area contributed by atoms with Crippen LogP contribution in [0, 0.1) is 17.0 Å². The van der Waals surface area contributed by atoms with Gasteiger partial charge in [0.1, 0.15) is 12.7 Å². The van der Waals surface area contributed by atoms with Crippen molar-refractivity contribution in [1.29, 1.82) is 0 Å². The van der Waals surface area contributed by atoms with Gasteiger partial charge < -0.3 is 19.8 Å². The van der Waals surface area contributed by atoms with Crippen molar-refractivity contribution < 1.29 is 9.66 Å². The number of aromatic amines is 1. The molecule has 18 heavy (non-hydrogen) atoms. The van der Waals surface area contributed by atoms with E-state index >= 15 is 0 Å². The lowest BCUT2D eigenvalue weighted by Crippen LogP contribution is -2.10. The summed E-state index contributed by atoms with van der Waals surface area (Å²) >= 11 is 0. The molecule has 0 aromatic carbocycles. The Morgan fingerprint density at radius 3 is 3.11 bits per heavy atom. The fraction of sp³-hybridized carbons (Fsp3) is 0.364. The van der Waals surface area contributed by atoms with Crippen molar-refractivity contribution >= 4 is 5.82 Å². The first-order valence-corrected chi connectivity index (χ1v) is 5.55. The first-order valence-electron chi connectivity index (χ1n) is 5.55. The molecule has 2 heterocycles. The number of nitrogens with one attached hydrogen (secondary N) is 1. The van der Waals surface area contributed by atoms with E-state index in [1.807, 2.05) is 18.3 Å². The highest BCUT2D eigenvalue weighted by Gasteiger charge is 2.16. The Hall–Kier alpha value is -2.15. The molecule has 0 amide bonds. The summed E-state index contributed by atoms with van der Waals surface area (Å²) in [5.41, 5.74) is 0.979. The quantitative estimate of drug-likeness (QED) is 0.479. The molecule has 2 rings (SSSR count). The van der Waals surface area contributed by atoms with Crippen LogP contribution >= 0.6 is 0 Å². The lowest BCUT2D eigenvalue weighted by Gasteiger charge is -2.04. The average molecular weight is 250 g/mol. The second-order valence-electron chi connectivity index (χ2n) is 3.82. The van der Waals surface area contributed by atoms with Crippen LogP contribution in [0.15, 0.2) is 24.5 Å². The van der Waals surface area contributed by atoms with E-state index in [1.165, 1.54) is 10.8 Å². The Labute approximate surface area is 104 Å². The summed E-state index contributed by atoms with van der Waals surface area (Å²) in [6.45, 7) is 3.02. The van der Waals surface area contributed by atoms with Gasteiger partial charge in [-0.25, -0.2) is 9.55 Å². The summed E-state index contributed by atoms with van der Waals surface area (Å²) in [7, 11) is 0. The summed E-state index contributed by atoms with van der Waals surface area (Å²) in [6, 6.07) is 3.81. The molecule has 0 aliphatic rings. The summed E-state index contributed by atoms with van der Waals surface area (Å²) in [4.78, 5) is 17.3. The van der Waals surface area contributed by atoms with Crippen molar-refractivity contribution in [2.24, 2.45) is 0 Å². The van der Waals surface area contributed by atoms with Crippen molar-refractivity contribution in [2.45, 2.75) is 20.1 Å². The van der Waals surface area contributed by atoms with E-state index < -0.39 is 4.92 Å². The van der Waals surface area contributed by atoms with Gasteiger partial charge in [-0.05, 0) is 17.1 Å². The lowest BCUT2D eigenvalue weighted by molar-refractivity contribution is -0.392.